The molecule has 0 unspecified atom stereocenters. The van der Waals surface area contributed by atoms with E-state index in [9.17, 15) is 0 Å². The highest BCUT2D eigenvalue weighted by Crippen LogP contribution is 2.31. The molecule has 0 aliphatic carbocycles. The van der Waals surface area contributed by atoms with Gasteiger partial charge in [0.15, 0.2) is 0 Å². The molecule has 0 saturated carbocycles. The number of thioether (sulfide) groups is 1. The molecule has 0 radical (unpaired) electrons. The third kappa shape index (κ3) is 4.54. The minimum absolute atomic E-state index is 0.694. The Hall–Kier alpha value is -2.98. The predicted octanol–water partition coefficient (Wildman–Crippen LogP) is 6.42. The van der Waals surface area contributed by atoms with Crippen molar-refractivity contribution in [2.24, 2.45) is 0 Å². The Kier molecular flexibility index (Phi) is 5.72. The molecule has 4 heteroatoms. The van der Waals surface area contributed by atoms with Gasteiger partial charge < -0.3 is 0 Å². The van der Waals surface area contributed by atoms with Crippen LogP contribution >= 0.6 is 11.8 Å². The summed E-state index contributed by atoms with van der Waals surface area (Å²) in [5.41, 5.74) is 8.79. The number of hydrogen-bond acceptors (Lipinski definition) is 4. The summed E-state index contributed by atoms with van der Waals surface area (Å²) >= 11 is 1.62. The van der Waals surface area contributed by atoms with E-state index in [0.29, 0.717) is 5.16 Å². The van der Waals surface area contributed by atoms with Crippen molar-refractivity contribution in [3.8, 4) is 22.5 Å². The monoisotopic (exact) mass is 397 g/mol. The molecule has 0 saturated heterocycles. The van der Waals surface area contributed by atoms with E-state index < -0.39 is 0 Å². The first-order valence-corrected chi connectivity index (χ1v) is 10.6. The largest absolute Gasteiger partial charge is 0.219 e. The maximum absolute atomic E-state index is 4.91. The molecule has 0 spiro atoms. The van der Waals surface area contributed by atoms with Crippen LogP contribution in [-0.2, 0) is 5.75 Å². The second-order valence-electron chi connectivity index (χ2n) is 7.24. The van der Waals surface area contributed by atoms with Gasteiger partial charge in [0.2, 0.25) is 5.16 Å². The van der Waals surface area contributed by atoms with Crippen LogP contribution in [0.5, 0.6) is 0 Å². The summed E-state index contributed by atoms with van der Waals surface area (Å²) in [6.45, 7) is 6.31. The molecule has 144 valence electrons. The van der Waals surface area contributed by atoms with Crippen molar-refractivity contribution in [1.29, 1.82) is 0 Å². The van der Waals surface area contributed by atoms with Crippen molar-refractivity contribution >= 4 is 11.8 Å². The Morgan fingerprint density at radius 2 is 1.24 bits per heavy atom. The zero-order valence-electron chi connectivity index (χ0n) is 16.9. The van der Waals surface area contributed by atoms with E-state index in [-0.39, 0.29) is 0 Å². The number of aryl methyl sites for hydroxylation is 3. The summed E-state index contributed by atoms with van der Waals surface area (Å²) < 4.78 is 0. The van der Waals surface area contributed by atoms with Crippen LogP contribution in [0.25, 0.3) is 22.5 Å². The molecule has 0 N–H and O–H groups in total. The van der Waals surface area contributed by atoms with E-state index in [1.165, 1.54) is 22.3 Å². The first-order chi connectivity index (χ1) is 14.1. The maximum Gasteiger partial charge on any atom is 0.210 e. The van der Waals surface area contributed by atoms with Crippen LogP contribution < -0.4 is 0 Å². The topological polar surface area (TPSA) is 38.7 Å². The molecule has 0 aliphatic heterocycles. The van der Waals surface area contributed by atoms with Gasteiger partial charge in [-0.3, -0.25) is 0 Å². The van der Waals surface area contributed by atoms with Gasteiger partial charge in [-0.25, -0.2) is 4.98 Å². The number of benzene rings is 3. The zero-order valence-corrected chi connectivity index (χ0v) is 17.7. The second kappa shape index (κ2) is 8.58. The van der Waals surface area contributed by atoms with Crippen LogP contribution in [0.1, 0.15) is 22.3 Å². The van der Waals surface area contributed by atoms with Crippen LogP contribution in [0.15, 0.2) is 78.0 Å². The summed E-state index contributed by atoms with van der Waals surface area (Å²) in [6, 6.07) is 25.2. The van der Waals surface area contributed by atoms with E-state index in [2.05, 4.69) is 104 Å². The maximum atomic E-state index is 4.91. The van der Waals surface area contributed by atoms with E-state index in [0.717, 1.165) is 28.3 Å². The van der Waals surface area contributed by atoms with Gasteiger partial charge in [0.25, 0.3) is 0 Å². The lowest BCUT2D eigenvalue weighted by molar-refractivity contribution is 0.849. The summed E-state index contributed by atoms with van der Waals surface area (Å²) in [7, 11) is 0. The molecule has 3 nitrogen and oxygen atoms in total. The Morgan fingerprint density at radius 3 is 1.86 bits per heavy atom. The Bertz CT molecular complexity index is 1120. The number of aromatic nitrogens is 3. The molecule has 29 heavy (non-hydrogen) atoms. The first-order valence-electron chi connectivity index (χ1n) is 9.66. The third-order valence-corrected chi connectivity index (χ3v) is 5.82. The highest BCUT2D eigenvalue weighted by Gasteiger charge is 2.14. The molecule has 4 aromatic rings. The molecule has 0 aliphatic rings. The fourth-order valence-corrected chi connectivity index (χ4v) is 3.97. The Labute approximate surface area is 176 Å². The van der Waals surface area contributed by atoms with Crippen LogP contribution in [0.4, 0.5) is 0 Å². The van der Waals surface area contributed by atoms with Crippen molar-refractivity contribution in [1.82, 2.24) is 15.2 Å². The van der Waals surface area contributed by atoms with Crippen LogP contribution in [0, 0.1) is 20.8 Å². The van der Waals surface area contributed by atoms with E-state index in [1.54, 1.807) is 11.8 Å². The minimum Gasteiger partial charge on any atom is -0.219 e. The van der Waals surface area contributed by atoms with Gasteiger partial charge >= 0.3 is 0 Å². The van der Waals surface area contributed by atoms with Crippen molar-refractivity contribution < 1.29 is 0 Å². The van der Waals surface area contributed by atoms with Crippen molar-refractivity contribution in [3.63, 3.8) is 0 Å². The lowest BCUT2D eigenvalue weighted by Crippen LogP contribution is -2.00. The molecule has 0 amide bonds. The number of nitrogens with zero attached hydrogens (tertiary/aromatic N) is 3. The van der Waals surface area contributed by atoms with Crippen molar-refractivity contribution in [2.75, 3.05) is 0 Å². The predicted molar refractivity (Wildman–Crippen MR) is 121 cm³/mol. The van der Waals surface area contributed by atoms with Crippen molar-refractivity contribution in [2.45, 2.75) is 31.7 Å². The highest BCUT2D eigenvalue weighted by molar-refractivity contribution is 7.98. The number of hydrogen-bond donors (Lipinski definition) is 0. The third-order valence-electron chi connectivity index (χ3n) is 4.94. The quantitative estimate of drug-likeness (QED) is 0.364. The van der Waals surface area contributed by atoms with Gasteiger partial charge in [-0.15, -0.1) is 10.2 Å². The highest BCUT2D eigenvalue weighted by atomic mass is 32.2. The second-order valence-corrected chi connectivity index (χ2v) is 8.18. The number of rotatable bonds is 5. The fraction of sp³-hybridized carbons (Fsp3) is 0.160. The van der Waals surface area contributed by atoms with Gasteiger partial charge in [0.05, 0.1) is 0 Å². The smallest absolute Gasteiger partial charge is 0.210 e. The average molecular weight is 398 g/mol. The molecule has 4 rings (SSSR count). The van der Waals surface area contributed by atoms with Crippen LogP contribution in [0.2, 0.25) is 0 Å². The SMILES string of the molecule is Cc1ccc(-c2nnc(SCc3ccccc3C)nc2-c2ccc(C)cc2)cc1. The first kappa shape index (κ1) is 19.3. The Balaban J connectivity index is 1.71. The molecular weight excluding hydrogens is 374 g/mol. The molecule has 0 fully saturated rings. The average Bonchev–Trinajstić information content (AvgIpc) is 2.74. The molecule has 0 bridgehead atoms. The van der Waals surface area contributed by atoms with Gasteiger partial charge in [0, 0.05) is 16.9 Å². The van der Waals surface area contributed by atoms with Crippen LogP contribution in [-0.4, -0.2) is 15.2 Å². The normalized spacial score (nSPS) is 10.9. The van der Waals surface area contributed by atoms with E-state index in [1.807, 2.05) is 0 Å². The molecule has 0 atom stereocenters. The van der Waals surface area contributed by atoms with Gasteiger partial charge in [-0.05, 0) is 31.9 Å². The fourth-order valence-electron chi connectivity index (χ4n) is 3.11. The van der Waals surface area contributed by atoms with Gasteiger partial charge in [-0.1, -0.05) is 95.7 Å². The van der Waals surface area contributed by atoms with Crippen LogP contribution in [0.3, 0.4) is 0 Å². The van der Waals surface area contributed by atoms with E-state index in [4.69, 9.17) is 4.98 Å². The minimum atomic E-state index is 0.694. The molecular formula is C25H23N3S. The lowest BCUT2D eigenvalue weighted by atomic mass is 10.0. The zero-order chi connectivity index (χ0) is 20.2. The van der Waals surface area contributed by atoms with Gasteiger partial charge in [-0.2, -0.15) is 0 Å². The molecule has 3 aromatic carbocycles. The molecule has 1 heterocycles. The van der Waals surface area contributed by atoms with E-state index >= 15 is 0 Å². The summed E-state index contributed by atoms with van der Waals surface area (Å²) in [5.74, 6) is 0.825. The summed E-state index contributed by atoms with van der Waals surface area (Å²) in [6.07, 6.45) is 0. The lowest BCUT2D eigenvalue weighted by Gasteiger charge is -2.10. The molecule has 1 aromatic heterocycles. The standard InChI is InChI=1S/C25H23N3S/c1-17-8-12-20(13-9-17)23-24(21-14-10-18(2)11-15-21)27-28-25(26-23)29-16-22-7-5-4-6-19(22)3/h4-15H,16H2,1-3H3. The van der Waals surface area contributed by atoms with Gasteiger partial charge in [0.1, 0.15) is 11.4 Å². The summed E-state index contributed by atoms with van der Waals surface area (Å²) in [4.78, 5) is 4.91. The van der Waals surface area contributed by atoms with Crippen molar-refractivity contribution in [3.05, 3.63) is 95.1 Å². The summed E-state index contributed by atoms with van der Waals surface area (Å²) in [5, 5.41) is 9.70. The Morgan fingerprint density at radius 1 is 0.655 bits per heavy atom.